The van der Waals surface area contributed by atoms with Crippen LogP contribution in [-0.4, -0.2) is 30.1 Å². The number of aromatic nitrogens is 5. The Labute approximate surface area is 127 Å². The van der Waals surface area contributed by atoms with E-state index in [1.54, 1.807) is 4.68 Å². The van der Waals surface area contributed by atoms with E-state index in [4.69, 9.17) is 5.73 Å². The first-order valence-electron chi connectivity index (χ1n) is 7.26. The molecule has 7 heteroatoms. The van der Waals surface area contributed by atoms with Crippen LogP contribution in [-0.2, 0) is 17.8 Å². The van der Waals surface area contributed by atoms with Crippen LogP contribution in [0.2, 0.25) is 0 Å². The molecule has 2 N–H and O–H groups in total. The number of pyridine rings is 1. The van der Waals surface area contributed by atoms with Gasteiger partial charge in [0, 0.05) is 12.7 Å². The topological polar surface area (TPSA) is 91.1 Å². The smallest absolute Gasteiger partial charge is 0.225 e. The third kappa shape index (κ3) is 2.45. The molecular formula is C15H18N6O. The maximum absolute atomic E-state index is 11.1. The molecular weight excluding hydrogens is 280 g/mol. The van der Waals surface area contributed by atoms with Crippen molar-refractivity contribution in [3.8, 4) is 11.5 Å². The van der Waals surface area contributed by atoms with Crippen LogP contribution < -0.4 is 5.73 Å². The zero-order valence-electron chi connectivity index (χ0n) is 12.7. The number of nitrogens with two attached hydrogens (primary N) is 1. The summed E-state index contributed by atoms with van der Waals surface area (Å²) in [5, 5.41) is 4.38. The summed E-state index contributed by atoms with van der Waals surface area (Å²) < 4.78 is 3.81. The monoisotopic (exact) mass is 298 g/mol. The van der Waals surface area contributed by atoms with Gasteiger partial charge in [-0.25, -0.2) is 14.6 Å². The molecule has 22 heavy (non-hydrogen) atoms. The molecule has 0 radical (unpaired) electrons. The van der Waals surface area contributed by atoms with Gasteiger partial charge in [-0.05, 0) is 25.5 Å². The van der Waals surface area contributed by atoms with Gasteiger partial charge in [0.15, 0.2) is 11.6 Å². The molecule has 0 aliphatic heterocycles. The lowest BCUT2D eigenvalue weighted by molar-refractivity contribution is -0.117. The number of primary amides is 1. The molecule has 0 saturated carbocycles. The summed E-state index contributed by atoms with van der Waals surface area (Å²) in [6.07, 6.45) is 2.92. The molecule has 0 fully saturated rings. The Morgan fingerprint density at radius 2 is 2.14 bits per heavy atom. The minimum absolute atomic E-state index is 0.0378. The molecule has 3 aromatic heterocycles. The molecule has 1 amide bonds. The summed E-state index contributed by atoms with van der Waals surface area (Å²) in [7, 11) is 0. The quantitative estimate of drug-likeness (QED) is 0.769. The van der Waals surface area contributed by atoms with Crippen LogP contribution in [0.5, 0.6) is 0 Å². The Kier molecular flexibility index (Phi) is 3.62. The van der Waals surface area contributed by atoms with Crippen molar-refractivity contribution in [1.29, 1.82) is 0 Å². The van der Waals surface area contributed by atoms with E-state index in [-0.39, 0.29) is 6.42 Å². The molecule has 0 aliphatic carbocycles. The zero-order valence-corrected chi connectivity index (χ0v) is 12.7. The highest BCUT2D eigenvalue weighted by Gasteiger charge is 2.18. The third-order valence-electron chi connectivity index (χ3n) is 3.46. The maximum Gasteiger partial charge on any atom is 0.225 e. The van der Waals surface area contributed by atoms with Crippen molar-refractivity contribution < 1.29 is 4.79 Å². The summed E-state index contributed by atoms with van der Waals surface area (Å²) in [6, 6.07) is 5.85. The van der Waals surface area contributed by atoms with Crippen molar-refractivity contribution in [2.75, 3.05) is 0 Å². The first-order chi connectivity index (χ1) is 10.6. The highest BCUT2D eigenvalue weighted by molar-refractivity contribution is 5.75. The fraction of sp³-hybridized carbons (Fsp3) is 0.333. The zero-order chi connectivity index (χ0) is 15.7. The van der Waals surface area contributed by atoms with Crippen molar-refractivity contribution in [2.24, 2.45) is 5.73 Å². The highest BCUT2D eigenvalue weighted by Crippen LogP contribution is 2.22. The van der Waals surface area contributed by atoms with Crippen LogP contribution in [0.15, 0.2) is 24.4 Å². The van der Waals surface area contributed by atoms with Gasteiger partial charge in [0.2, 0.25) is 5.91 Å². The number of hydrogen-bond acceptors (Lipinski definition) is 4. The van der Waals surface area contributed by atoms with Gasteiger partial charge < -0.3 is 10.1 Å². The van der Waals surface area contributed by atoms with E-state index in [9.17, 15) is 4.79 Å². The summed E-state index contributed by atoms with van der Waals surface area (Å²) in [5.74, 6) is 0.679. The Balaban J connectivity index is 2.13. The summed E-state index contributed by atoms with van der Waals surface area (Å²) in [6.45, 7) is 4.78. The van der Waals surface area contributed by atoms with Gasteiger partial charge in [-0.15, -0.1) is 0 Å². The summed E-state index contributed by atoms with van der Waals surface area (Å²) in [5.41, 5.74) is 7.87. The van der Waals surface area contributed by atoms with Gasteiger partial charge in [-0.2, -0.15) is 5.10 Å². The van der Waals surface area contributed by atoms with Crippen molar-refractivity contribution in [3.63, 3.8) is 0 Å². The largest absolute Gasteiger partial charge is 0.369 e. The van der Waals surface area contributed by atoms with Gasteiger partial charge >= 0.3 is 0 Å². The number of carbonyl (C=O) groups excluding carboxylic acids is 1. The van der Waals surface area contributed by atoms with E-state index < -0.39 is 5.91 Å². The lowest BCUT2D eigenvalue weighted by Gasteiger charge is -2.02. The average Bonchev–Trinajstić information content (AvgIpc) is 3.01. The van der Waals surface area contributed by atoms with Gasteiger partial charge in [0.05, 0.1) is 12.1 Å². The number of hydrogen-bond donors (Lipinski definition) is 1. The van der Waals surface area contributed by atoms with E-state index in [1.165, 1.54) is 0 Å². The molecule has 0 unspecified atom stereocenters. The molecule has 0 bridgehead atoms. The number of amides is 1. The van der Waals surface area contributed by atoms with E-state index in [2.05, 4.69) is 22.0 Å². The van der Waals surface area contributed by atoms with Gasteiger partial charge in [-0.3, -0.25) is 4.79 Å². The molecule has 0 saturated heterocycles. The maximum atomic E-state index is 11.1. The SMILES string of the molecule is CCCn1nc(CC(N)=O)nc1-c1nc2ccccn2c1C. The second kappa shape index (κ2) is 5.59. The molecule has 3 rings (SSSR count). The highest BCUT2D eigenvalue weighted by atomic mass is 16.1. The minimum Gasteiger partial charge on any atom is -0.369 e. The van der Waals surface area contributed by atoms with Crippen molar-refractivity contribution in [2.45, 2.75) is 33.2 Å². The average molecular weight is 298 g/mol. The van der Waals surface area contributed by atoms with E-state index in [0.717, 1.165) is 23.5 Å². The number of nitrogens with zero attached hydrogens (tertiary/aromatic N) is 5. The summed E-state index contributed by atoms with van der Waals surface area (Å²) in [4.78, 5) is 20.2. The number of imidazole rings is 1. The van der Waals surface area contributed by atoms with Crippen LogP contribution >= 0.6 is 0 Å². The molecule has 0 atom stereocenters. The number of carbonyl (C=O) groups is 1. The third-order valence-corrected chi connectivity index (χ3v) is 3.46. The second-order valence-electron chi connectivity index (χ2n) is 5.19. The predicted molar refractivity (Wildman–Crippen MR) is 82.1 cm³/mol. The Hall–Kier alpha value is -2.70. The molecule has 0 aliphatic rings. The Morgan fingerprint density at radius 1 is 1.32 bits per heavy atom. The number of rotatable bonds is 5. The van der Waals surface area contributed by atoms with Crippen molar-refractivity contribution >= 4 is 11.6 Å². The van der Waals surface area contributed by atoms with Crippen molar-refractivity contribution in [1.82, 2.24) is 24.1 Å². The predicted octanol–water partition coefficient (Wildman–Crippen LogP) is 1.34. The fourth-order valence-corrected chi connectivity index (χ4v) is 2.49. The fourth-order valence-electron chi connectivity index (χ4n) is 2.49. The first kappa shape index (κ1) is 14.2. The van der Waals surface area contributed by atoms with Crippen LogP contribution in [0, 0.1) is 6.92 Å². The molecule has 114 valence electrons. The van der Waals surface area contributed by atoms with E-state index >= 15 is 0 Å². The van der Waals surface area contributed by atoms with Gasteiger partial charge in [0.1, 0.15) is 11.3 Å². The molecule has 7 nitrogen and oxygen atoms in total. The molecule has 0 aromatic carbocycles. The second-order valence-corrected chi connectivity index (χ2v) is 5.19. The lowest BCUT2D eigenvalue weighted by atomic mass is 10.3. The van der Waals surface area contributed by atoms with Crippen molar-refractivity contribution in [3.05, 3.63) is 35.9 Å². The van der Waals surface area contributed by atoms with E-state index in [1.807, 2.05) is 35.7 Å². The van der Waals surface area contributed by atoms with Crippen LogP contribution in [0.4, 0.5) is 0 Å². The Morgan fingerprint density at radius 3 is 2.82 bits per heavy atom. The van der Waals surface area contributed by atoms with E-state index in [0.29, 0.717) is 18.2 Å². The standard InChI is InChI=1S/C15H18N6O/c1-3-7-21-15(17-12(19-21)9-11(16)22)14-10(2)20-8-5-4-6-13(20)18-14/h4-6,8H,3,7,9H2,1-2H3,(H2,16,22). The molecule has 0 spiro atoms. The normalized spacial score (nSPS) is 11.2. The minimum atomic E-state index is -0.438. The first-order valence-corrected chi connectivity index (χ1v) is 7.26. The number of fused-ring (bicyclic) bond motifs is 1. The lowest BCUT2D eigenvalue weighted by Crippen LogP contribution is -2.14. The van der Waals surface area contributed by atoms with Crippen LogP contribution in [0.3, 0.4) is 0 Å². The van der Waals surface area contributed by atoms with Gasteiger partial charge in [0.25, 0.3) is 0 Å². The summed E-state index contributed by atoms with van der Waals surface area (Å²) >= 11 is 0. The molecule has 3 aromatic rings. The molecule has 3 heterocycles. The van der Waals surface area contributed by atoms with Crippen LogP contribution in [0.1, 0.15) is 24.9 Å². The van der Waals surface area contributed by atoms with Crippen LogP contribution in [0.25, 0.3) is 17.2 Å². The van der Waals surface area contributed by atoms with Gasteiger partial charge in [-0.1, -0.05) is 13.0 Å². The Bertz CT molecular complexity index is 832. The number of aryl methyl sites for hydroxylation is 2.